The summed E-state index contributed by atoms with van der Waals surface area (Å²) in [5.41, 5.74) is 3.95. The molecule has 1 atom stereocenters. The molecule has 1 aromatic carbocycles. The molecular weight excluding hydrogens is 295 g/mol. The van der Waals surface area contributed by atoms with Gasteiger partial charge in [0, 0.05) is 10.5 Å². The molecule has 0 heterocycles. The molecule has 0 radical (unpaired) electrons. The zero-order valence-electron chi connectivity index (χ0n) is 10.9. The maximum absolute atomic E-state index is 13.0. The molecule has 0 aromatic heterocycles. The fourth-order valence-electron chi connectivity index (χ4n) is 2.01. The van der Waals surface area contributed by atoms with E-state index < -0.39 is 0 Å². The van der Waals surface area contributed by atoms with Crippen molar-refractivity contribution < 1.29 is 4.39 Å². The highest BCUT2D eigenvalue weighted by Gasteiger charge is 2.10. The van der Waals surface area contributed by atoms with Gasteiger partial charge in [-0.25, -0.2) is 4.39 Å². The molecule has 1 aromatic rings. The summed E-state index contributed by atoms with van der Waals surface area (Å²) in [5, 5.41) is 0. The number of hydrogen-bond donors (Lipinski definition) is 2. The molecule has 1 unspecified atom stereocenters. The Labute approximate surface area is 117 Å². The molecule has 0 saturated carbocycles. The van der Waals surface area contributed by atoms with Crippen molar-refractivity contribution in [3.63, 3.8) is 0 Å². The van der Waals surface area contributed by atoms with E-state index in [4.69, 9.17) is 5.84 Å². The number of halogens is 2. The molecule has 0 aliphatic carbocycles. The molecule has 18 heavy (non-hydrogen) atoms. The molecule has 0 aliphatic rings. The SMILES string of the molecule is CCCCCCC(Cc1ccc(F)cc1Br)NN. The Morgan fingerprint density at radius 2 is 2.11 bits per heavy atom. The predicted molar refractivity (Wildman–Crippen MR) is 77.7 cm³/mol. The minimum atomic E-state index is -0.217. The number of nitrogens with two attached hydrogens (primary N) is 1. The van der Waals surface area contributed by atoms with Crippen molar-refractivity contribution in [2.24, 2.45) is 5.84 Å². The van der Waals surface area contributed by atoms with Gasteiger partial charge in [-0.3, -0.25) is 11.3 Å². The highest BCUT2D eigenvalue weighted by Crippen LogP contribution is 2.20. The van der Waals surface area contributed by atoms with Gasteiger partial charge in [-0.05, 0) is 30.5 Å². The Hall–Kier alpha value is -0.450. The minimum Gasteiger partial charge on any atom is -0.271 e. The third kappa shape index (κ3) is 5.46. The van der Waals surface area contributed by atoms with Crippen LogP contribution in [-0.2, 0) is 6.42 Å². The molecule has 0 saturated heterocycles. The van der Waals surface area contributed by atoms with Crippen molar-refractivity contribution in [1.82, 2.24) is 5.43 Å². The molecule has 1 rings (SSSR count). The van der Waals surface area contributed by atoms with E-state index in [2.05, 4.69) is 28.3 Å². The van der Waals surface area contributed by atoms with Crippen LogP contribution < -0.4 is 11.3 Å². The Balaban J connectivity index is 2.46. The summed E-state index contributed by atoms with van der Waals surface area (Å²) in [6.07, 6.45) is 6.83. The second-order valence-corrected chi connectivity index (χ2v) is 5.51. The zero-order valence-corrected chi connectivity index (χ0v) is 12.5. The molecule has 0 bridgehead atoms. The monoisotopic (exact) mass is 316 g/mol. The molecule has 0 aliphatic heterocycles. The Morgan fingerprint density at radius 3 is 2.72 bits per heavy atom. The van der Waals surface area contributed by atoms with Crippen molar-refractivity contribution in [2.75, 3.05) is 0 Å². The largest absolute Gasteiger partial charge is 0.271 e. The maximum Gasteiger partial charge on any atom is 0.124 e. The lowest BCUT2D eigenvalue weighted by Gasteiger charge is -2.16. The van der Waals surface area contributed by atoms with E-state index >= 15 is 0 Å². The summed E-state index contributed by atoms with van der Waals surface area (Å²) in [5.74, 6) is 5.36. The molecule has 0 spiro atoms. The summed E-state index contributed by atoms with van der Waals surface area (Å²) >= 11 is 3.39. The van der Waals surface area contributed by atoms with Crippen LogP contribution in [0.2, 0.25) is 0 Å². The van der Waals surface area contributed by atoms with E-state index in [0.717, 1.165) is 22.9 Å². The number of nitrogens with one attached hydrogen (secondary N) is 1. The molecule has 2 nitrogen and oxygen atoms in total. The first-order valence-electron chi connectivity index (χ1n) is 6.57. The lowest BCUT2D eigenvalue weighted by molar-refractivity contribution is 0.462. The van der Waals surface area contributed by atoms with Gasteiger partial charge in [-0.2, -0.15) is 0 Å². The smallest absolute Gasteiger partial charge is 0.124 e. The van der Waals surface area contributed by atoms with Gasteiger partial charge in [0.2, 0.25) is 0 Å². The standard InChI is InChI=1S/C14H22BrFN2/c1-2-3-4-5-6-13(18-17)9-11-7-8-12(16)10-14(11)15/h7-8,10,13,18H,2-6,9,17H2,1H3. The van der Waals surface area contributed by atoms with Crippen molar-refractivity contribution in [3.05, 3.63) is 34.1 Å². The van der Waals surface area contributed by atoms with E-state index in [9.17, 15) is 4.39 Å². The molecule has 0 fully saturated rings. The maximum atomic E-state index is 13.0. The summed E-state index contributed by atoms with van der Waals surface area (Å²) in [7, 11) is 0. The van der Waals surface area contributed by atoms with Gasteiger partial charge in [-0.1, -0.05) is 54.6 Å². The van der Waals surface area contributed by atoms with E-state index in [1.807, 2.05) is 6.07 Å². The summed E-state index contributed by atoms with van der Waals surface area (Å²) in [6, 6.07) is 5.06. The van der Waals surface area contributed by atoms with Gasteiger partial charge in [0.25, 0.3) is 0 Å². The second kappa shape index (κ2) is 8.62. The van der Waals surface area contributed by atoms with Crippen LogP contribution in [0.25, 0.3) is 0 Å². The molecule has 0 amide bonds. The van der Waals surface area contributed by atoms with Gasteiger partial charge in [0.1, 0.15) is 5.82 Å². The average Bonchev–Trinajstić information content (AvgIpc) is 2.35. The van der Waals surface area contributed by atoms with Gasteiger partial charge >= 0.3 is 0 Å². The fourth-order valence-corrected chi connectivity index (χ4v) is 2.53. The van der Waals surface area contributed by atoms with Crippen LogP contribution in [0.3, 0.4) is 0 Å². The number of hydrazine groups is 1. The summed E-state index contributed by atoms with van der Waals surface area (Å²) in [4.78, 5) is 0. The highest BCUT2D eigenvalue weighted by molar-refractivity contribution is 9.10. The fraction of sp³-hybridized carbons (Fsp3) is 0.571. The normalized spacial score (nSPS) is 12.7. The Bertz CT molecular complexity index is 358. The van der Waals surface area contributed by atoms with E-state index in [-0.39, 0.29) is 11.9 Å². The van der Waals surface area contributed by atoms with Crippen LogP contribution >= 0.6 is 15.9 Å². The topological polar surface area (TPSA) is 38.0 Å². The number of unbranched alkanes of at least 4 members (excludes halogenated alkanes) is 3. The van der Waals surface area contributed by atoms with Crippen LogP contribution in [0.1, 0.15) is 44.6 Å². The lowest BCUT2D eigenvalue weighted by Crippen LogP contribution is -2.36. The molecule has 3 N–H and O–H groups in total. The third-order valence-corrected chi connectivity index (χ3v) is 3.86. The molecule has 102 valence electrons. The van der Waals surface area contributed by atoms with Gasteiger partial charge in [0.05, 0.1) is 0 Å². The van der Waals surface area contributed by atoms with E-state index in [0.29, 0.717) is 0 Å². The first-order valence-corrected chi connectivity index (χ1v) is 7.36. The quantitative estimate of drug-likeness (QED) is 0.433. The zero-order chi connectivity index (χ0) is 13.4. The van der Waals surface area contributed by atoms with Crippen LogP contribution in [0, 0.1) is 5.82 Å². The van der Waals surface area contributed by atoms with Crippen LogP contribution in [0.4, 0.5) is 4.39 Å². The van der Waals surface area contributed by atoms with Crippen molar-refractivity contribution in [1.29, 1.82) is 0 Å². The number of benzene rings is 1. The van der Waals surface area contributed by atoms with Crippen LogP contribution in [0.15, 0.2) is 22.7 Å². The van der Waals surface area contributed by atoms with Gasteiger partial charge in [-0.15, -0.1) is 0 Å². The molecule has 4 heteroatoms. The van der Waals surface area contributed by atoms with E-state index in [1.165, 1.54) is 37.8 Å². The van der Waals surface area contributed by atoms with Crippen molar-refractivity contribution in [3.8, 4) is 0 Å². The minimum absolute atomic E-state index is 0.217. The third-order valence-electron chi connectivity index (χ3n) is 3.12. The number of hydrogen-bond acceptors (Lipinski definition) is 2. The average molecular weight is 317 g/mol. The lowest BCUT2D eigenvalue weighted by atomic mass is 10.0. The van der Waals surface area contributed by atoms with Gasteiger partial charge < -0.3 is 0 Å². The Morgan fingerprint density at radius 1 is 1.33 bits per heavy atom. The summed E-state index contributed by atoms with van der Waals surface area (Å²) in [6.45, 7) is 2.20. The first kappa shape index (κ1) is 15.6. The number of rotatable bonds is 8. The van der Waals surface area contributed by atoms with Crippen molar-refractivity contribution in [2.45, 2.75) is 51.5 Å². The predicted octanol–water partition coefficient (Wildman–Crippen LogP) is 3.93. The van der Waals surface area contributed by atoms with E-state index in [1.54, 1.807) is 0 Å². The molecular formula is C14H22BrFN2. The first-order chi connectivity index (χ1) is 8.67. The van der Waals surface area contributed by atoms with Crippen LogP contribution in [-0.4, -0.2) is 6.04 Å². The Kier molecular flexibility index (Phi) is 7.47. The van der Waals surface area contributed by atoms with Crippen molar-refractivity contribution >= 4 is 15.9 Å². The van der Waals surface area contributed by atoms with Gasteiger partial charge in [0.15, 0.2) is 0 Å². The highest BCUT2D eigenvalue weighted by atomic mass is 79.9. The van der Waals surface area contributed by atoms with Crippen LogP contribution in [0.5, 0.6) is 0 Å². The summed E-state index contributed by atoms with van der Waals surface area (Å²) < 4.78 is 13.8. The second-order valence-electron chi connectivity index (χ2n) is 4.65.